The largest absolute Gasteiger partial charge is 0.342 e. The van der Waals surface area contributed by atoms with Crippen LogP contribution in [0.5, 0.6) is 0 Å². The second-order valence-corrected chi connectivity index (χ2v) is 10.4. The van der Waals surface area contributed by atoms with E-state index in [1.165, 1.54) is 4.90 Å². The van der Waals surface area contributed by atoms with Crippen LogP contribution < -0.4 is 5.32 Å². The average molecular weight is 491 g/mol. The van der Waals surface area contributed by atoms with E-state index in [0.717, 1.165) is 11.1 Å². The van der Waals surface area contributed by atoms with Crippen LogP contribution in [0.4, 0.5) is 4.79 Å². The van der Waals surface area contributed by atoms with Gasteiger partial charge in [0.15, 0.2) is 0 Å². The van der Waals surface area contributed by atoms with E-state index in [2.05, 4.69) is 17.4 Å². The average Bonchev–Trinajstić information content (AvgIpc) is 3.15. The normalized spacial score (nSPS) is 21.7. The van der Waals surface area contributed by atoms with E-state index in [0.29, 0.717) is 51.9 Å². The SMILES string of the molecule is C[C@@H](C(=O)N1CCC([C@]2(CCc3ccccc3)NC(=O)N(CCN(C)C)C2=O)CC1)c1ccccc1. The van der Waals surface area contributed by atoms with Gasteiger partial charge in [-0.15, -0.1) is 0 Å². The smallest absolute Gasteiger partial charge is 0.325 e. The number of nitrogens with zero attached hydrogens (tertiary/aromatic N) is 3. The van der Waals surface area contributed by atoms with Crippen molar-refractivity contribution in [2.24, 2.45) is 5.92 Å². The molecule has 2 aromatic rings. The molecule has 0 saturated carbocycles. The molecular weight excluding hydrogens is 452 g/mol. The van der Waals surface area contributed by atoms with E-state index in [1.807, 2.05) is 79.3 Å². The van der Waals surface area contributed by atoms with Crippen LogP contribution in [0.25, 0.3) is 0 Å². The number of rotatable bonds is 9. The van der Waals surface area contributed by atoms with Crippen molar-refractivity contribution in [2.45, 2.75) is 44.1 Å². The molecule has 0 aliphatic carbocycles. The number of nitrogens with one attached hydrogen (secondary N) is 1. The van der Waals surface area contributed by atoms with E-state index in [1.54, 1.807) is 0 Å². The first-order chi connectivity index (χ1) is 17.3. The summed E-state index contributed by atoms with van der Waals surface area (Å²) in [5.74, 6) is -0.220. The standard InChI is InChI=1S/C29H38N4O3/c1-22(24-12-8-5-9-13-24)26(34)32-18-15-25(16-19-32)29(17-14-23-10-6-4-7-11-23)27(35)33(28(36)30-29)21-20-31(2)3/h4-13,22,25H,14-21H2,1-3H3,(H,30,36)/t22-,29+/m1/s1. The monoisotopic (exact) mass is 490 g/mol. The van der Waals surface area contributed by atoms with Crippen molar-refractivity contribution in [3.63, 3.8) is 0 Å². The third-order valence-corrected chi connectivity index (χ3v) is 7.80. The lowest BCUT2D eigenvalue weighted by molar-refractivity contribution is -0.137. The van der Waals surface area contributed by atoms with Crippen LogP contribution in [0.1, 0.15) is 43.2 Å². The predicted molar refractivity (Wildman–Crippen MR) is 140 cm³/mol. The first kappa shape index (κ1) is 25.9. The summed E-state index contributed by atoms with van der Waals surface area (Å²) in [7, 11) is 3.87. The quantitative estimate of drug-likeness (QED) is 0.546. The Hall–Kier alpha value is -3.19. The highest BCUT2D eigenvalue weighted by atomic mass is 16.2. The molecule has 1 N–H and O–H groups in total. The summed E-state index contributed by atoms with van der Waals surface area (Å²) >= 11 is 0. The molecule has 0 aromatic heterocycles. The van der Waals surface area contributed by atoms with Gasteiger partial charge < -0.3 is 15.1 Å². The van der Waals surface area contributed by atoms with Crippen LogP contribution in [0.15, 0.2) is 60.7 Å². The molecular formula is C29H38N4O3. The summed E-state index contributed by atoms with van der Waals surface area (Å²) in [5.41, 5.74) is 1.23. The summed E-state index contributed by atoms with van der Waals surface area (Å²) in [5, 5.41) is 3.14. The van der Waals surface area contributed by atoms with E-state index >= 15 is 0 Å². The van der Waals surface area contributed by atoms with Gasteiger partial charge in [-0.3, -0.25) is 14.5 Å². The zero-order chi connectivity index (χ0) is 25.7. The number of imide groups is 1. The number of carbonyl (C=O) groups excluding carboxylic acids is 3. The maximum atomic E-state index is 13.8. The van der Waals surface area contributed by atoms with Crippen LogP contribution in [-0.2, 0) is 16.0 Å². The van der Waals surface area contributed by atoms with Crippen molar-refractivity contribution in [3.05, 3.63) is 71.8 Å². The van der Waals surface area contributed by atoms with Crippen LogP contribution in [0.2, 0.25) is 0 Å². The highest BCUT2D eigenvalue weighted by Crippen LogP contribution is 2.37. The second-order valence-electron chi connectivity index (χ2n) is 10.4. The number of piperidine rings is 1. The summed E-state index contributed by atoms with van der Waals surface area (Å²) in [4.78, 5) is 45.3. The molecule has 192 valence electrons. The van der Waals surface area contributed by atoms with Crippen molar-refractivity contribution in [2.75, 3.05) is 40.3 Å². The molecule has 2 aliphatic rings. The zero-order valence-corrected chi connectivity index (χ0v) is 21.7. The van der Waals surface area contributed by atoms with Crippen LogP contribution in [0.3, 0.4) is 0 Å². The van der Waals surface area contributed by atoms with Gasteiger partial charge in [0.1, 0.15) is 5.54 Å². The Labute approximate surface area is 214 Å². The Morgan fingerprint density at radius 3 is 2.25 bits per heavy atom. The molecule has 0 unspecified atom stereocenters. The van der Waals surface area contributed by atoms with E-state index < -0.39 is 5.54 Å². The number of aryl methyl sites for hydroxylation is 1. The van der Waals surface area contributed by atoms with Gasteiger partial charge in [0.2, 0.25) is 5.91 Å². The molecule has 7 nitrogen and oxygen atoms in total. The highest BCUT2D eigenvalue weighted by Gasteiger charge is 2.55. The number of hydrogen-bond donors (Lipinski definition) is 1. The molecule has 0 spiro atoms. The number of likely N-dealkylation sites (tertiary alicyclic amines) is 1. The van der Waals surface area contributed by atoms with Gasteiger partial charge in [-0.25, -0.2) is 4.79 Å². The number of urea groups is 1. The van der Waals surface area contributed by atoms with Gasteiger partial charge in [-0.05, 0) is 63.7 Å². The van der Waals surface area contributed by atoms with Crippen LogP contribution in [0, 0.1) is 5.92 Å². The third kappa shape index (κ3) is 5.46. The summed E-state index contributed by atoms with van der Waals surface area (Å²) in [6.07, 6.45) is 2.64. The molecule has 2 saturated heterocycles. The molecule has 2 heterocycles. The lowest BCUT2D eigenvalue weighted by Gasteiger charge is -2.41. The topological polar surface area (TPSA) is 73.0 Å². The molecule has 4 amide bonds. The Morgan fingerprint density at radius 1 is 1.03 bits per heavy atom. The van der Waals surface area contributed by atoms with Gasteiger partial charge >= 0.3 is 6.03 Å². The Kier molecular flexibility index (Phi) is 8.09. The van der Waals surface area contributed by atoms with Gasteiger partial charge in [0.25, 0.3) is 5.91 Å². The number of carbonyl (C=O) groups is 3. The molecule has 2 aliphatic heterocycles. The lowest BCUT2D eigenvalue weighted by atomic mass is 9.74. The van der Waals surface area contributed by atoms with Crippen molar-refractivity contribution in [1.29, 1.82) is 0 Å². The maximum absolute atomic E-state index is 13.8. The predicted octanol–water partition coefficient (Wildman–Crippen LogP) is 3.51. The Bertz CT molecular complexity index is 1050. The van der Waals surface area contributed by atoms with E-state index in [4.69, 9.17) is 0 Å². The lowest BCUT2D eigenvalue weighted by Crippen LogP contribution is -2.57. The maximum Gasteiger partial charge on any atom is 0.325 e. The van der Waals surface area contributed by atoms with Gasteiger partial charge in [0, 0.05) is 26.2 Å². The minimum Gasteiger partial charge on any atom is -0.342 e. The number of benzene rings is 2. The van der Waals surface area contributed by atoms with Crippen molar-refractivity contribution in [1.82, 2.24) is 20.0 Å². The third-order valence-electron chi connectivity index (χ3n) is 7.80. The Morgan fingerprint density at radius 2 is 1.64 bits per heavy atom. The first-order valence-electron chi connectivity index (χ1n) is 13.0. The van der Waals surface area contributed by atoms with Gasteiger partial charge in [0.05, 0.1) is 5.92 Å². The molecule has 4 rings (SSSR count). The molecule has 7 heteroatoms. The Balaban J connectivity index is 1.49. The fraction of sp³-hybridized carbons (Fsp3) is 0.483. The fourth-order valence-corrected chi connectivity index (χ4v) is 5.54. The number of amides is 4. The van der Waals surface area contributed by atoms with Gasteiger partial charge in [-0.1, -0.05) is 60.7 Å². The van der Waals surface area contributed by atoms with Crippen LogP contribution >= 0.6 is 0 Å². The van der Waals surface area contributed by atoms with Crippen molar-refractivity contribution < 1.29 is 14.4 Å². The van der Waals surface area contributed by atoms with E-state index in [-0.39, 0.29) is 29.7 Å². The van der Waals surface area contributed by atoms with Crippen molar-refractivity contribution in [3.8, 4) is 0 Å². The zero-order valence-electron chi connectivity index (χ0n) is 21.7. The fourth-order valence-electron chi connectivity index (χ4n) is 5.54. The molecule has 0 radical (unpaired) electrons. The number of likely N-dealkylation sites (N-methyl/N-ethyl adjacent to an activating group) is 1. The van der Waals surface area contributed by atoms with Gasteiger partial charge in [-0.2, -0.15) is 0 Å². The minimum atomic E-state index is -0.931. The minimum absolute atomic E-state index is 0.0156. The summed E-state index contributed by atoms with van der Waals surface area (Å²) in [6, 6.07) is 19.6. The van der Waals surface area contributed by atoms with Crippen LogP contribution in [-0.4, -0.2) is 78.4 Å². The molecule has 0 bridgehead atoms. The summed E-state index contributed by atoms with van der Waals surface area (Å²) < 4.78 is 0. The molecule has 2 aromatic carbocycles. The second kappa shape index (κ2) is 11.2. The van der Waals surface area contributed by atoms with Crippen molar-refractivity contribution >= 4 is 17.8 Å². The first-order valence-corrected chi connectivity index (χ1v) is 13.0. The molecule has 2 atom stereocenters. The highest BCUT2D eigenvalue weighted by molar-refractivity contribution is 6.07. The summed E-state index contributed by atoms with van der Waals surface area (Å²) in [6.45, 7) is 4.13. The molecule has 2 fully saturated rings. The number of hydrogen-bond acceptors (Lipinski definition) is 4. The van der Waals surface area contributed by atoms with E-state index in [9.17, 15) is 14.4 Å². The molecule has 36 heavy (non-hydrogen) atoms.